The van der Waals surface area contributed by atoms with E-state index in [9.17, 15) is 14.0 Å². The second kappa shape index (κ2) is 4.41. The lowest BCUT2D eigenvalue weighted by molar-refractivity contribution is 0.0992. The van der Waals surface area contributed by atoms with E-state index in [1.54, 1.807) is 0 Å². The molecule has 1 heterocycles. The molecule has 0 radical (unpaired) electrons. The van der Waals surface area contributed by atoms with E-state index in [0.29, 0.717) is 0 Å². The minimum atomic E-state index is -0.791. The maximum Gasteiger partial charge on any atom is 0.251 e. The zero-order valence-electron chi connectivity index (χ0n) is 9.63. The monoisotopic (exact) mass is 263 g/mol. The Hall–Kier alpha value is -2.90. The molecular weight excluding hydrogens is 253 g/mol. The van der Waals surface area contributed by atoms with Crippen LogP contribution in [0.3, 0.4) is 0 Å². The third-order valence-corrected chi connectivity index (χ3v) is 2.50. The first kappa shape index (κ1) is 12.6. The maximum absolute atomic E-state index is 13.8. The SMILES string of the molecule is NC(=O)c1cnn(-c2cc(C(N)=O)c(N)cc2F)c1. The van der Waals surface area contributed by atoms with E-state index < -0.39 is 17.6 Å². The van der Waals surface area contributed by atoms with E-state index in [0.717, 1.165) is 16.8 Å². The Morgan fingerprint density at radius 1 is 1.21 bits per heavy atom. The van der Waals surface area contributed by atoms with Gasteiger partial charge in [0.15, 0.2) is 5.82 Å². The van der Waals surface area contributed by atoms with Crippen LogP contribution in [0.25, 0.3) is 5.69 Å². The van der Waals surface area contributed by atoms with Crippen molar-refractivity contribution in [1.29, 1.82) is 0 Å². The van der Waals surface area contributed by atoms with Crippen LogP contribution in [0, 0.1) is 5.82 Å². The third kappa shape index (κ3) is 2.23. The van der Waals surface area contributed by atoms with Crippen molar-refractivity contribution in [2.75, 3.05) is 5.73 Å². The molecule has 2 aromatic rings. The number of nitrogens with two attached hydrogens (primary N) is 3. The van der Waals surface area contributed by atoms with Gasteiger partial charge in [-0.2, -0.15) is 5.10 Å². The number of nitrogen functional groups attached to an aromatic ring is 1. The molecule has 0 fully saturated rings. The van der Waals surface area contributed by atoms with Crippen LogP contribution in [-0.2, 0) is 0 Å². The molecule has 8 heteroatoms. The van der Waals surface area contributed by atoms with Gasteiger partial charge in [0.2, 0.25) is 0 Å². The van der Waals surface area contributed by atoms with E-state index in [-0.39, 0.29) is 22.5 Å². The van der Waals surface area contributed by atoms with Crippen molar-refractivity contribution in [2.24, 2.45) is 11.5 Å². The number of amides is 2. The summed E-state index contributed by atoms with van der Waals surface area (Å²) >= 11 is 0. The molecule has 0 aliphatic heterocycles. The molecule has 6 N–H and O–H groups in total. The molecule has 0 unspecified atom stereocenters. The highest BCUT2D eigenvalue weighted by Gasteiger charge is 2.15. The van der Waals surface area contributed by atoms with Crippen molar-refractivity contribution < 1.29 is 14.0 Å². The van der Waals surface area contributed by atoms with E-state index in [2.05, 4.69) is 5.10 Å². The van der Waals surface area contributed by atoms with Crippen LogP contribution < -0.4 is 17.2 Å². The highest BCUT2D eigenvalue weighted by Crippen LogP contribution is 2.21. The van der Waals surface area contributed by atoms with Gasteiger partial charge in [-0.05, 0) is 12.1 Å². The van der Waals surface area contributed by atoms with Crippen molar-refractivity contribution >= 4 is 17.5 Å². The van der Waals surface area contributed by atoms with Crippen LogP contribution in [0.5, 0.6) is 0 Å². The van der Waals surface area contributed by atoms with Crippen LogP contribution in [0.4, 0.5) is 10.1 Å². The van der Waals surface area contributed by atoms with E-state index >= 15 is 0 Å². The second-order valence-electron chi connectivity index (χ2n) is 3.79. The zero-order chi connectivity index (χ0) is 14.2. The molecule has 0 saturated heterocycles. The highest BCUT2D eigenvalue weighted by atomic mass is 19.1. The van der Waals surface area contributed by atoms with Crippen LogP contribution in [0.2, 0.25) is 0 Å². The Morgan fingerprint density at radius 3 is 2.42 bits per heavy atom. The summed E-state index contributed by atoms with van der Waals surface area (Å²) in [6.45, 7) is 0. The van der Waals surface area contributed by atoms with Gasteiger partial charge in [-0.25, -0.2) is 9.07 Å². The average Bonchev–Trinajstić information content (AvgIpc) is 2.77. The molecule has 2 rings (SSSR count). The predicted molar refractivity (Wildman–Crippen MR) is 65.0 cm³/mol. The summed E-state index contributed by atoms with van der Waals surface area (Å²) < 4.78 is 14.9. The molecule has 98 valence electrons. The first-order valence-corrected chi connectivity index (χ1v) is 5.14. The van der Waals surface area contributed by atoms with Crippen LogP contribution in [-0.4, -0.2) is 21.6 Å². The number of primary amides is 2. The Balaban J connectivity index is 2.57. The molecule has 0 saturated carbocycles. The van der Waals surface area contributed by atoms with E-state index in [1.807, 2.05) is 0 Å². The Labute approximate surface area is 106 Å². The number of benzene rings is 1. The molecule has 0 aliphatic carbocycles. The summed E-state index contributed by atoms with van der Waals surface area (Å²) in [6, 6.07) is 2.12. The number of halogens is 1. The van der Waals surface area contributed by atoms with Gasteiger partial charge in [-0.3, -0.25) is 9.59 Å². The van der Waals surface area contributed by atoms with Crippen molar-refractivity contribution in [3.05, 3.63) is 41.5 Å². The number of hydrogen-bond acceptors (Lipinski definition) is 4. The normalized spacial score (nSPS) is 10.4. The van der Waals surface area contributed by atoms with Crippen molar-refractivity contribution in [3.8, 4) is 5.69 Å². The molecule has 1 aromatic carbocycles. The number of carbonyl (C=O) groups excluding carboxylic acids is 2. The molecule has 0 spiro atoms. The number of carbonyl (C=O) groups is 2. The topological polar surface area (TPSA) is 130 Å². The van der Waals surface area contributed by atoms with Crippen molar-refractivity contribution in [2.45, 2.75) is 0 Å². The smallest absolute Gasteiger partial charge is 0.251 e. The Morgan fingerprint density at radius 2 is 1.89 bits per heavy atom. The number of rotatable bonds is 3. The summed E-state index contributed by atoms with van der Waals surface area (Å²) in [5, 5.41) is 3.78. The summed E-state index contributed by atoms with van der Waals surface area (Å²) in [4.78, 5) is 22.1. The number of nitrogens with zero attached hydrogens (tertiary/aromatic N) is 2. The van der Waals surface area contributed by atoms with Crippen LogP contribution >= 0.6 is 0 Å². The molecule has 0 atom stereocenters. The average molecular weight is 263 g/mol. The quantitative estimate of drug-likeness (QED) is 0.661. The highest BCUT2D eigenvalue weighted by molar-refractivity contribution is 5.98. The largest absolute Gasteiger partial charge is 0.398 e. The molecule has 7 nitrogen and oxygen atoms in total. The predicted octanol–water partition coefficient (Wildman–Crippen LogP) is -0.209. The summed E-state index contributed by atoms with van der Waals surface area (Å²) in [5.41, 5.74) is 15.6. The third-order valence-electron chi connectivity index (χ3n) is 2.50. The van der Waals surface area contributed by atoms with E-state index in [1.165, 1.54) is 12.4 Å². The van der Waals surface area contributed by atoms with Gasteiger partial charge in [0.05, 0.1) is 17.3 Å². The van der Waals surface area contributed by atoms with Gasteiger partial charge in [-0.1, -0.05) is 0 Å². The van der Waals surface area contributed by atoms with Crippen LogP contribution in [0.1, 0.15) is 20.7 Å². The van der Waals surface area contributed by atoms with Crippen molar-refractivity contribution in [3.63, 3.8) is 0 Å². The van der Waals surface area contributed by atoms with Gasteiger partial charge in [0.25, 0.3) is 11.8 Å². The minimum Gasteiger partial charge on any atom is -0.398 e. The van der Waals surface area contributed by atoms with Gasteiger partial charge in [0.1, 0.15) is 5.69 Å². The minimum absolute atomic E-state index is 0.0347. The first-order valence-electron chi connectivity index (χ1n) is 5.14. The summed E-state index contributed by atoms with van der Waals surface area (Å²) in [6.07, 6.45) is 2.42. The first-order chi connectivity index (χ1) is 8.90. The number of hydrogen-bond donors (Lipinski definition) is 3. The van der Waals surface area contributed by atoms with Gasteiger partial charge < -0.3 is 17.2 Å². The maximum atomic E-state index is 13.8. The fraction of sp³-hybridized carbons (Fsp3) is 0. The summed E-state index contributed by atoms with van der Waals surface area (Å²) in [5.74, 6) is -2.19. The van der Waals surface area contributed by atoms with E-state index in [4.69, 9.17) is 17.2 Å². The Kier molecular flexibility index (Phi) is 2.91. The molecule has 19 heavy (non-hydrogen) atoms. The number of aromatic nitrogens is 2. The van der Waals surface area contributed by atoms with Gasteiger partial charge in [-0.15, -0.1) is 0 Å². The van der Waals surface area contributed by atoms with Gasteiger partial charge >= 0.3 is 0 Å². The molecular formula is C11H10FN5O2. The standard InChI is InChI=1S/C11H10FN5O2/c12-7-2-8(13)6(11(15)19)1-9(7)17-4-5(3-16-17)10(14)18/h1-4H,13H2,(H2,14,18)(H2,15,19). The molecule has 1 aromatic heterocycles. The molecule has 0 aliphatic rings. The lowest BCUT2D eigenvalue weighted by Crippen LogP contribution is -2.15. The zero-order valence-corrected chi connectivity index (χ0v) is 9.63. The van der Waals surface area contributed by atoms with Crippen molar-refractivity contribution in [1.82, 2.24) is 9.78 Å². The molecule has 0 bridgehead atoms. The lowest BCUT2D eigenvalue weighted by atomic mass is 10.1. The lowest BCUT2D eigenvalue weighted by Gasteiger charge is -2.07. The van der Waals surface area contributed by atoms with Crippen LogP contribution in [0.15, 0.2) is 24.5 Å². The molecule has 2 amide bonds. The fourth-order valence-corrected chi connectivity index (χ4v) is 1.55. The second-order valence-corrected chi connectivity index (χ2v) is 3.79. The fourth-order valence-electron chi connectivity index (χ4n) is 1.55. The summed E-state index contributed by atoms with van der Waals surface area (Å²) in [7, 11) is 0. The number of anilines is 1. The Bertz CT molecular complexity index is 680. The van der Waals surface area contributed by atoms with Gasteiger partial charge in [0, 0.05) is 11.9 Å².